The van der Waals surface area contributed by atoms with Crippen LogP contribution in [0.4, 0.5) is 5.82 Å². The van der Waals surface area contributed by atoms with Crippen molar-refractivity contribution in [3.8, 4) is 0 Å². The molecule has 20 heavy (non-hydrogen) atoms. The van der Waals surface area contributed by atoms with Crippen LogP contribution in [-0.4, -0.2) is 19.4 Å². The number of rotatable bonds is 5. The largest absolute Gasteiger partial charge is 0.308 e. The molecule has 1 aromatic rings. The number of pyridine rings is 1. The molecule has 0 aromatic carbocycles. The maximum absolute atomic E-state index is 12.3. The summed E-state index contributed by atoms with van der Waals surface area (Å²) in [6.07, 6.45) is 6.54. The third-order valence-electron chi connectivity index (χ3n) is 3.88. The van der Waals surface area contributed by atoms with E-state index in [1.165, 1.54) is 18.7 Å². The van der Waals surface area contributed by atoms with Crippen LogP contribution in [0.25, 0.3) is 0 Å². The second-order valence-electron chi connectivity index (χ2n) is 5.28. The number of aromatic nitrogens is 1. The fourth-order valence-electron chi connectivity index (χ4n) is 2.68. The molecular weight excluding hydrogens is 276 g/mol. The maximum Gasteiger partial charge on any atom is 0.242 e. The average Bonchev–Trinajstić information content (AvgIpc) is 2.47. The molecule has 0 bridgehead atoms. The highest BCUT2D eigenvalue weighted by molar-refractivity contribution is 7.89. The van der Waals surface area contributed by atoms with Crippen molar-refractivity contribution in [2.45, 2.75) is 50.0 Å². The number of hydrazine groups is 1. The molecule has 0 amide bonds. The Morgan fingerprint density at radius 1 is 1.40 bits per heavy atom. The van der Waals surface area contributed by atoms with Crippen LogP contribution in [0.3, 0.4) is 0 Å². The van der Waals surface area contributed by atoms with Gasteiger partial charge in [0.1, 0.15) is 10.7 Å². The first kappa shape index (κ1) is 15.2. The normalized spacial score (nSPS) is 23.5. The van der Waals surface area contributed by atoms with E-state index >= 15 is 0 Å². The number of nitrogens with zero attached hydrogens (tertiary/aromatic N) is 1. The highest BCUT2D eigenvalue weighted by Crippen LogP contribution is 2.27. The number of anilines is 1. The number of nitrogen functional groups attached to an aromatic ring is 1. The molecule has 0 spiro atoms. The number of hydrogen-bond acceptors (Lipinski definition) is 5. The van der Waals surface area contributed by atoms with E-state index in [4.69, 9.17) is 5.84 Å². The van der Waals surface area contributed by atoms with Crippen LogP contribution >= 0.6 is 0 Å². The van der Waals surface area contributed by atoms with E-state index in [0.717, 1.165) is 25.7 Å². The van der Waals surface area contributed by atoms with E-state index in [0.29, 0.717) is 11.7 Å². The molecule has 1 fully saturated rings. The van der Waals surface area contributed by atoms with Crippen LogP contribution in [0.5, 0.6) is 0 Å². The predicted molar refractivity (Wildman–Crippen MR) is 78.4 cm³/mol. The zero-order valence-electron chi connectivity index (χ0n) is 11.7. The molecular formula is C13H22N4O2S. The summed E-state index contributed by atoms with van der Waals surface area (Å²) in [5.41, 5.74) is 2.37. The fraction of sp³-hybridized carbons (Fsp3) is 0.615. The predicted octanol–water partition coefficient (Wildman–Crippen LogP) is 1.61. The van der Waals surface area contributed by atoms with E-state index < -0.39 is 10.0 Å². The summed E-state index contributed by atoms with van der Waals surface area (Å²) < 4.78 is 27.4. The molecule has 1 aliphatic carbocycles. The van der Waals surface area contributed by atoms with Gasteiger partial charge < -0.3 is 5.43 Å². The highest BCUT2D eigenvalue weighted by Gasteiger charge is 2.25. The third-order valence-corrected chi connectivity index (χ3v) is 5.38. The summed E-state index contributed by atoms with van der Waals surface area (Å²) in [6.45, 7) is 2.16. The van der Waals surface area contributed by atoms with E-state index in [2.05, 4.69) is 22.1 Å². The van der Waals surface area contributed by atoms with Gasteiger partial charge in [0.2, 0.25) is 10.0 Å². The van der Waals surface area contributed by atoms with Gasteiger partial charge in [-0.3, -0.25) is 0 Å². The van der Waals surface area contributed by atoms with Crippen LogP contribution in [0, 0.1) is 5.92 Å². The minimum absolute atomic E-state index is 0.0333. The van der Waals surface area contributed by atoms with Crippen molar-refractivity contribution >= 4 is 15.8 Å². The van der Waals surface area contributed by atoms with Gasteiger partial charge in [-0.05, 0) is 30.9 Å². The van der Waals surface area contributed by atoms with Gasteiger partial charge >= 0.3 is 0 Å². The number of hydrogen-bond donors (Lipinski definition) is 3. The van der Waals surface area contributed by atoms with Crippen molar-refractivity contribution in [3.05, 3.63) is 18.3 Å². The summed E-state index contributed by atoms with van der Waals surface area (Å²) in [5, 5.41) is 0. The van der Waals surface area contributed by atoms with Crippen LogP contribution in [-0.2, 0) is 10.0 Å². The average molecular weight is 298 g/mol. The Balaban J connectivity index is 2.06. The second-order valence-corrected chi connectivity index (χ2v) is 7.00. The van der Waals surface area contributed by atoms with Crippen molar-refractivity contribution < 1.29 is 8.42 Å². The van der Waals surface area contributed by atoms with Gasteiger partial charge in [0.15, 0.2) is 0 Å². The summed E-state index contributed by atoms with van der Waals surface area (Å²) >= 11 is 0. The zero-order chi connectivity index (χ0) is 14.6. The number of nitrogens with two attached hydrogens (primary N) is 1. The Morgan fingerprint density at radius 2 is 2.20 bits per heavy atom. The Labute approximate surface area is 120 Å². The standard InChI is InChI=1S/C13H22N4O2S/c1-2-10-4-3-5-11(8-10)17-20(18,19)12-6-7-13(16-14)15-9-12/h6-7,9-11,17H,2-5,8,14H2,1H3,(H,15,16). The minimum Gasteiger partial charge on any atom is -0.308 e. The number of sulfonamides is 1. The van der Waals surface area contributed by atoms with Crippen molar-refractivity contribution in [2.24, 2.45) is 11.8 Å². The van der Waals surface area contributed by atoms with E-state index in [1.54, 1.807) is 6.07 Å². The molecule has 0 aliphatic heterocycles. The Kier molecular flexibility index (Phi) is 4.95. The molecule has 2 rings (SSSR count). The van der Waals surface area contributed by atoms with Crippen molar-refractivity contribution in [2.75, 3.05) is 5.43 Å². The SMILES string of the molecule is CCC1CCCC(NS(=O)(=O)c2ccc(NN)nc2)C1. The summed E-state index contributed by atoms with van der Waals surface area (Å²) in [6, 6.07) is 3.08. The Hall–Kier alpha value is -1.18. The lowest BCUT2D eigenvalue weighted by Crippen LogP contribution is -2.38. The van der Waals surface area contributed by atoms with Crippen LogP contribution < -0.4 is 16.0 Å². The van der Waals surface area contributed by atoms with E-state index in [9.17, 15) is 8.42 Å². The van der Waals surface area contributed by atoms with Gasteiger partial charge in [-0.15, -0.1) is 0 Å². The molecule has 0 radical (unpaired) electrons. The zero-order valence-corrected chi connectivity index (χ0v) is 12.5. The molecule has 4 N–H and O–H groups in total. The Bertz CT molecular complexity index is 530. The summed E-state index contributed by atoms with van der Waals surface area (Å²) in [5.74, 6) is 6.27. The van der Waals surface area contributed by atoms with Crippen LogP contribution in [0.2, 0.25) is 0 Å². The molecule has 1 heterocycles. The molecule has 2 atom stereocenters. The smallest absolute Gasteiger partial charge is 0.242 e. The summed E-state index contributed by atoms with van der Waals surface area (Å²) in [7, 11) is -3.50. The van der Waals surface area contributed by atoms with Crippen LogP contribution in [0.15, 0.2) is 23.2 Å². The minimum atomic E-state index is -3.50. The number of nitrogens with one attached hydrogen (secondary N) is 2. The van der Waals surface area contributed by atoms with Crippen molar-refractivity contribution in [1.82, 2.24) is 9.71 Å². The van der Waals surface area contributed by atoms with Crippen LogP contribution in [0.1, 0.15) is 39.0 Å². The quantitative estimate of drug-likeness (QED) is 0.567. The maximum atomic E-state index is 12.3. The second kappa shape index (κ2) is 6.51. The van der Waals surface area contributed by atoms with Gasteiger partial charge in [-0.2, -0.15) is 0 Å². The van der Waals surface area contributed by atoms with E-state index in [-0.39, 0.29) is 10.9 Å². The monoisotopic (exact) mass is 298 g/mol. The molecule has 1 saturated carbocycles. The van der Waals surface area contributed by atoms with Gasteiger partial charge in [0.05, 0.1) is 0 Å². The lowest BCUT2D eigenvalue weighted by Gasteiger charge is -2.28. The molecule has 112 valence electrons. The van der Waals surface area contributed by atoms with E-state index in [1.807, 2.05) is 0 Å². The first-order chi connectivity index (χ1) is 9.55. The first-order valence-electron chi connectivity index (χ1n) is 7.00. The molecule has 1 aromatic heterocycles. The molecule has 2 unspecified atom stereocenters. The lowest BCUT2D eigenvalue weighted by molar-refractivity contribution is 0.301. The van der Waals surface area contributed by atoms with Gasteiger partial charge in [-0.1, -0.05) is 26.2 Å². The van der Waals surface area contributed by atoms with Crippen molar-refractivity contribution in [1.29, 1.82) is 0 Å². The van der Waals surface area contributed by atoms with Gasteiger partial charge in [0.25, 0.3) is 0 Å². The Morgan fingerprint density at radius 3 is 2.80 bits per heavy atom. The summed E-state index contributed by atoms with van der Waals surface area (Å²) in [4.78, 5) is 4.11. The fourth-order valence-corrected chi connectivity index (χ4v) is 3.91. The molecule has 0 saturated heterocycles. The van der Waals surface area contributed by atoms with Gasteiger partial charge in [-0.25, -0.2) is 24.0 Å². The van der Waals surface area contributed by atoms with Crippen molar-refractivity contribution in [3.63, 3.8) is 0 Å². The molecule has 6 nitrogen and oxygen atoms in total. The van der Waals surface area contributed by atoms with Gasteiger partial charge in [0, 0.05) is 12.2 Å². The topological polar surface area (TPSA) is 97.1 Å². The lowest BCUT2D eigenvalue weighted by atomic mass is 9.85. The third kappa shape index (κ3) is 3.68. The molecule has 1 aliphatic rings. The highest BCUT2D eigenvalue weighted by atomic mass is 32.2. The first-order valence-corrected chi connectivity index (χ1v) is 8.48. The molecule has 7 heteroatoms.